The number of amides is 1. The molecule has 170 valence electrons. The molecule has 0 aliphatic heterocycles. The molecule has 0 bridgehead atoms. The molecule has 1 aromatic carbocycles. The van der Waals surface area contributed by atoms with Crippen LogP contribution in [-0.4, -0.2) is 36.4 Å². The van der Waals surface area contributed by atoms with Gasteiger partial charge in [-0.05, 0) is 49.1 Å². The third-order valence-corrected chi connectivity index (χ3v) is 7.79. The van der Waals surface area contributed by atoms with Gasteiger partial charge in [0.2, 0.25) is 5.91 Å². The maximum Gasteiger partial charge on any atom is 0.236 e. The highest BCUT2D eigenvalue weighted by atomic mass is 32.2. The van der Waals surface area contributed by atoms with Gasteiger partial charge >= 0.3 is 0 Å². The Bertz CT molecular complexity index is 1270. The molecule has 3 aromatic heterocycles. The monoisotopic (exact) mass is 482 g/mol. The Morgan fingerprint density at radius 2 is 2.15 bits per heavy atom. The molecule has 1 fully saturated rings. The number of rotatable bonds is 6. The van der Waals surface area contributed by atoms with Gasteiger partial charge in [0.25, 0.3) is 0 Å². The molecular formula is C23H23FN6OS2. The number of pyridine rings is 1. The van der Waals surface area contributed by atoms with Gasteiger partial charge in [-0.2, -0.15) is 0 Å². The molecule has 33 heavy (non-hydrogen) atoms. The van der Waals surface area contributed by atoms with Crippen molar-refractivity contribution >= 4 is 44.4 Å². The van der Waals surface area contributed by atoms with Crippen molar-refractivity contribution in [1.29, 1.82) is 0 Å². The third kappa shape index (κ3) is 4.77. The van der Waals surface area contributed by atoms with Crippen molar-refractivity contribution in [2.75, 3.05) is 11.1 Å². The lowest BCUT2D eigenvalue weighted by molar-refractivity contribution is -0.113. The minimum atomic E-state index is -0.319. The molecule has 0 radical (unpaired) electrons. The molecule has 3 heterocycles. The van der Waals surface area contributed by atoms with E-state index in [1.54, 1.807) is 18.5 Å². The zero-order valence-electron chi connectivity index (χ0n) is 18.1. The molecule has 1 aliphatic carbocycles. The first kappa shape index (κ1) is 22.0. The second kappa shape index (κ2) is 9.56. The van der Waals surface area contributed by atoms with Crippen LogP contribution in [0.2, 0.25) is 0 Å². The van der Waals surface area contributed by atoms with E-state index in [1.807, 2.05) is 12.1 Å². The first-order chi connectivity index (χ1) is 16.1. The van der Waals surface area contributed by atoms with Crippen LogP contribution in [0.4, 0.5) is 9.52 Å². The summed E-state index contributed by atoms with van der Waals surface area (Å²) in [6.45, 7) is 2.27. The SMILES string of the molecule is C[C@@H]1CCCC[C@@H]1n1c(SCC(=O)Nc2nc3ccc(F)cc3s2)nnc1-c1cccnc1. The summed E-state index contributed by atoms with van der Waals surface area (Å²) in [6, 6.07) is 8.56. The van der Waals surface area contributed by atoms with Crippen LogP contribution in [0.1, 0.15) is 38.6 Å². The molecular weight excluding hydrogens is 459 g/mol. The van der Waals surface area contributed by atoms with Gasteiger partial charge in [0, 0.05) is 24.0 Å². The van der Waals surface area contributed by atoms with E-state index in [0.717, 1.165) is 29.4 Å². The van der Waals surface area contributed by atoms with Crippen LogP contribution < -0.4 is 5.32 Å². The average molecular weight is 483 g/mol. The van der Waals surface area contributed by atoms with Gasteiger partial charge in [0.05, 0.1) is 16.0 Å². The molecule has 0 unspecified atom stereocenters. The normalized spacial score (nSPS) is 18.5. The lowest BCUT2D eigenvalue weighted by Gasteiger charge is -2.31. The minimum Gasteiger partial charge on any atom is -0.301 e. The van der Waals surface area contributed by atoms with Crippen molar-refractivity contribution in [2.45, 2.75) is 43.8 Å². The highest BCUT2D eigenvalue weighted by Gasteiger charge is 2.29. The van der Waals surface area contributed by atoms with Crippen molar-refractivity contribution in [3.05, 3.63) is 48.5 Å². The second-order valence-corrected chi connectivity index (χ2v) is 10.2. The van der Waals surface area contributed by atoms with E-state index in [2.05, 4.69) is 37.0 Å². The average Bonchev–Trinajstić information content (AvgIpc) is 3.42. The molecule has 1 aliphatic rings. The number of nitrogens with zero attached hydrogens (tertiary/aromatic N) is 5. The van der Waals surface area contributed by atoms with E-state index in [9.17, 15) is 9.18 Å². The van der Waals surface area contributed by atoms with Crippen molar-refractivity contribution in [1.82, 2.24) is 24.7 Å². The fourth-order valence-electron chi connectivity index (χ4n) is 4.28. The van der Waals surface area contributed by atoms with E-state index in [0.29, 0.717) is 21.3 Å². The zero-order valence-corrected chi connectivity index (χ0v) is 19.7. The number of thioether (sulfide) groups is 1. The standard InChI is InChI=1S/C23H23FN6OS2/c1-14-5-2-3-7-18(14)30-21(15-6-4-10-25-12-15)28-29-23(30)32-13-20(31)27-22-26-17-9-8-16(24)11-19(17)33-22/h4,6,8-12,14,18H,2-3,5,7,13H2,1H3,(H,26,27,31)/t14-,18+/m1/s1. The fourth-order valence-corrected chi connectivity index (χ4v) is 5.98. The van der Waals surface area contributed by atoms with Crippen molar-refractivity contribution in [3.63, 3.8) is 0 Å². The summed E-state index contributed by atoms with van der Waals surface area (Å²) < 4.78 is 16.3. The van der Waals surface area contributed by atoms with Gasteiger partial charge in [0.15, 0.2) is 16.1 Å². The summed E-state index contributed by atoms with van der Waals surface area (Å²) in [6.07, 6.45) is 8.17. The number of hydrogen-bond donors (Lipinski definition) is 1. The van der Waals surface area contributed by atoms with E-state index >= 15 is 0 Å². The first-order valence-corrected chi connectivity index (χ1v) is 12.7. The van der Waals surface area contributed by atoms with Gasteiger partial charge in [-0.1, -0.05) is 42.9 Å². The van der Waals surface area contributed by atoms with Crippen LogP contribution >= 0.6 is 23.1 Å². The van der Waals surface area contributed by atoms with Crippen LogP contribution in [0.15, 0.2) is 47.9 Å². The molecule has 5 rings (SSSR count). The molecule has 7 nitrogen and oxygen atoms in total. The van der Waals surface area contributed by atoms with Crippen LogP contribution in [-0.2, 0) is 4.79 Å². The summed E-state index contributed by atoms with van der Waals surface area (Å²) in [7, 11) is 0. The van der Waals surface area contributed by atoms with Crippen molar-refractivity contribution in [3.8, 4) is 11.4 Å². The lowest BCUT2D eigenvalue weighted by Crippen LogP contribution is -2.23. The largest absolute Gasteiger partial charge is 0.301 e. The second-order valence-electron chi connectivity index (χ2n) is 8.21. The van der Waals surface area contributed by atoms with Crippen LogP contribution in [0.3, 0.4) is 0 Å². The Balaban J connectivity index is 1.35. The number of hydrogen-bond acceptors (Lipinski definition) is 7. The molecule has 2 atom stereocenters. The van der Waals surface area contributed by atoms with Crippen molar-refractivity contribution in [2.24, 2.45) is 5.92 Å². The fraction of sp³-hybridized carbons (Fsp3) is 0.348. The molecule has 4 aromatic rings. The van der Waals surface area contributed by atoms with Crippen molar-refractivity contribution < 1.29 is 9.18 Å². The van der Waals surface area contributed by atoms with Gasteiger partial charge in [-0.25, -0.2) is 9.37 Å². The minimum absolute atomic E-state index is 0.177. The lowest BCUT2D eigenvalue weighted by atomic mass is 9.85. The molecule has 1 N–H and O–H groups in total. The number of fused-ring (bicyclic) bond motifs is 1. The van der Waals surface area contributed by atoms with Crippen LogP contribution in [0, 0.1) is 11.7 Å². The number of halogens is 1. The number of benzene rings is 1. The maximum atomic E-state index is 13.4. The van der Waals surface area contributed by atoms with Gasteiger partial charge in [-0.3, -0.25) is 14.3 Å². The molecule has 10 heteroatoms. The maximum absolute atomic E-state index is 13.4. The Hall–Kier alpha value is -2.85. The number of nitrogens with one attached hydrogen (secondary N) is 1. The molecule has 1 amide bonds. The van der Waals surface area contributed by atoms with Gasteiger partial charge < -0.3 is 5.32 Å². The first-order valence-electron chi connectivity index (χ1n) is 10.9. The quantitative estimate of drug-likeness (QED) is 0.362. The van der Waals surface area contributed by atoms with Gasteiger partial charge in [-0.15, -0.1) is 10.2 Å². The Morgan fingerprint density at radius 3 is 2.97 bits per heavy atom. The van der Waals surface area contributed by atoms with E-state index < -0.39 is 0 Å². The highest BCUT2D eigenvalue weighted by molar-refractivity contribution is 7.99. The zero-order chi connectivity index (χ0) is 22.8. The van der Waals surface area contributed by atoms with E-state index in [-0.39, 0.29) is 23.5 Å². The summed E-state index contributed by atoms with van der Waals surface area (Å²) in [5.41, 5.74) is 1.58. The molecule has 0 saturated heterocycles. The third-order valence-electron chi connectivity index (χ3n) is 5.91. The summed E-state index contributed by atoms with van der Waals surface area (Å²) in [4.78, 5) is 21.3. The predicted octanol–water partition coefficient (Wildman–Crippen LogP) is 5.57. The Morgan fingerprint density at radius 1 is 1.27 bits per heavy atom. The Kier molecular flexibility index (Phi) is 6.37. The predicted molar refractivity (Wildman–Crippen MR) is 129 cm³/mol. The number of carbonyl (C=O) groups excluding carboxylic acids is 1. The summed E-state index contributed by atoms with van der Waals surface area (Å²) in [5, 5.41) is 12.9. The van der Waals surface area contributed by atoms with Crippen LogP contribution in [0.5, 0.6) is 0 Å². The molecule has 1 saturated carbocycles. The van der Waals surface area contributed by atoms with Gasteiger partial charge in [0.1, 0.15) is 5.82 Å². The number of aromatic nitrogens is 5. The Labute approximate surface area is 198 Å². The topological polar surface area (TPSA) is 85.6 Å². The van der Waals surface area contributed by atoms with Crippen LogP contribution in [0.25, 0.3) is 21.6 Å². The smallest absolute Gasteiger partial charge is 0.236 e. The highest BCUT2D eigenvalue weighted by Crippen LogP contribution is 2.39. The number of anilines is 1. The summed E-state index contributed by atoms with van der Waals surface area (Å²) >= 11 is 2.63. The molecule has 0 spiro atoms. The van der Waals surface area contributed by atoms with E-state index in [1.165, 1.54) is 48.1 Å². The van der Waals surface area contributed by atoms with E-state index in [4.69, 9.17) is 0 Å². The summed E-state index contributed by atoms with van der Waals surface area (Å²) in [5.74, 6) is 0.963. The number of thiazole rings is 1. The number of carbonyl (C=O) groups is 1.